The topological polar surface area (TPSA) is 101 Å². The van der Waals surface area contributed by atoms with Crippen LogP contribution in [0.4, 0.5) is 11.6 Å². The first-order valence-corrected chi connectivity index (χ1v) is 15.8. The number of ether oxygens (including phenoxy) is 1. The highest BCUT2D eigenvalue weighted by atomic mass is 28.3. The molecule has 10 nitrogen and oxygen atoms in total. The van der Waals surface area contributed by atoms with Gasteiger partial charge >= 0.3 is 0 Å². The highest BCUT2D eigenvalue weighted by Gasteiger charge is 2.29. The third-order valence-electron chi connectivity index (χ3n) is 6.57. The standard InChI is InChI=1S/C24H33N9OSi/c1-31(22-14-25-21(13-26-22)18-11-29-30-12-18)19-5-7-32(15-19)23-20-6-8-33(24(20)28-16-27-23)17-34-9-10-35(2,3)4/h6,8,11-14,16,19H,5,7,9-10,15,17H2,1-4H3,(H,29,30)/t19-/m1/s1. The maximum atomic E-state index is 5.96. The summed E-state index contributed by atoms with van der Waals surface area (Å²) in [5.74, 6) is 1.84. The molecule has 4 aromatic heterocycles. The fourth-order valence-electron chi connectivity index (χ4n) is 4.37. The van der Waals surface area contributed by atoms with Crippen LogP contribution in [0.3, 0.4) is 0 Å². The molecule has 5 heterocycles. The predicted octanol–water partition coefficient (Wildman–Crippen LogP) is 3.64. The second-order valence-electron chi connectivity index (χ2n) is 10.3. The first-order valence-electron chi connectivity index (χ1n) is 12.1. The van der Waals surface area contributed by atoms with Gasteiger partial charge in [0.25, 0.3) is 0 Å². The Balaban J connectivity index is 1.24. The van der Waals surface area contributed by atoms with Crippen LogP contribution in [0.2, 0.25) is 25.7 Å². The molecule has 184 valence electrons. The molecule has 0 spiro atoms. The lowest BCUT2D eigenvalue weighted by Gasteiger charge is -2.26. The Morgan fingerprint density at radius 2 is 2.03 bits per heavy atom. The van der Waals surface area contributed by atoms with Gasteiger partial charge in [0.1, 0.15) is 30.3 Å². The van der Waals surface area contributed by atoms with Crippen molar-refractivity contribution < 1.29 is 4.74 Å². The second-order valence-corrected chi connectivity index (χ2v) is 15.9. The van der Waals surface area contributed by atoms with Crippen LogP contribution >= 0.6 is 0 Å². The van der Waals surface area contributed by atoms with Crippen molar-refractivity contribution in [1.29, 1.82) is 0 Å². The van der Waals surface area contributed by atoms with Crippen LogP contribution in [0, 0.1) is 0 Å². The predicted molar refractivity (Wildman–Crippen MR) is 140 cm³/mol. The second kappa shape index (κ2) is 9.74. The molecular weight excluding hydrogens is 458 g/mol. The molecule has 5 rings (SSSR count). The molecule has 0 bridgehead atoms. The lowest BCUT2D eigenvalue weighted by molar-refractivity contribution is 0.0899. The summed E-state index contributed by atoms with van der Waals surface area (Å²) in [6.07, 6.45) is 11.9. The number of hydrogen-bond donors (Lipinski definition) is 1. The first kappa shape index (κ1) is 23.4. The average molecular weight is 492 g/mol. The number of nitrogens with one attached hydrogen (secondary N) is 1. The van der Waals surface area contributed by atoms with Gasteiger partial charge in [-0.1, -0.05) is 19.6 Å². The number of aromatic nitrogens is 7. The Labute approximate surface area is 206 Å². The molecule has 0 aliphatic carbocycles. The normalized spacial score (nSPS) is 16.3. The molecule has 35 heavy (non-hydrogen) atoms. The molecule has 4 aromatic rings. The van der Waals surface area contributed by atoms with Gasteiger partial charge in [-0.15, -0.1) is 0 Å². The molecule has 0 amide bonds. The molecule has 1 aliphatic rings. The number of H-pyrrole nitrogens is 1. The third-order valence-corrected chi connectivity index (χ3v) is 8.27. The van der Waals surface area contributed by atoms with E-state index in [4.69, 9.17) is 4.74 Å². The Kier molecular flexibility index (Phi) is 6.52. The summed E-state index contributed by atoms with van der Waals surface area (Å²) in [5, 5.41) is 7.86. The van der Waals surface area contributed by atoms with Gasteiger partial charge in [0.2, 0.25) is 0 Å². The molecule has 0 radical (unpaired) electrons. The summed E-state index contributed by atoms with van der Waals surface area (Å²) >= 11 is 0. The largest absolute Gasteiger partial charge is 0.361 e. The van der Waals surface area contributed by atoms with Gasteiger partial charge in [-0.2, -0.15) is 5.10 Å². The van der Waals surface area contributed by atoms with Crippen molar-refractivity contribution >= 4 is 30.7 Å². The lowest BCUT2D eigenvalue weighted by atomic mass is 10.2. The van der Waals surface area contributed by atoms with Crippen molar-refractivity contribution in [2.24, 2.45) is 0 Å². The van der Waals surface area contributed by atoms with Crippen LogP contribution in [0.15, 0.2) is 43.4 Å². The van der Waals surface area contributed by atoms with Gasteiger partial charge < -0.3 is 19.1 Å². The van der Waals surface area contributed by atoms with E-state index in [1.807, 2.05) is 18.6 Å². The fourth-order valence-corrected chi connectivity index (χ4v) is 5.13. The molecule has 11 heteroatoms. The van der Waals surface area contributed by atoms with Crippen molar-refractivity contribution in [3.05, 3.63) is 43.4 Å². The van der Waals surface area contributed by atoms with E-state index in [0.717, 1.165) is 66.1 Å². The van der Waals surface area contributed by atoms with Crippen LogP contribution in [-0.2, 0) is 11.5 Å². The summed E-state index contributed by atoms with van der Waals surface area (Å²) < 4.78 is 8.03. The molecule has 1 N–H and O–H groups in total. The van der Waals surface area contributed by atoms with Crippen LogP contribution in [-0.4, -0.2) is 75.6 Å². The number of anilines is 2. The summed E-state index contributed by atoms with van der Waals surface area (Å²) in [5.41, 5.74) is 2.65. The van der Waals surface area contributed by atoms with Crippen LogP contribution < -0.4 is 9.80 Å². The number of fused-ring (bicyclic) bond motifs is 1. The van der Waals surface area contributed by atoms with Crippen molar-refractivity contribution in [3.63, 3.8) is 0 Å². The molecular formula is C24H33N9OSi. The lowest BCUT2D eigenvalue weighted by Crippen LogP contribution is -2.35. The zero-order chi connectivity index (χ0) is 24.4. The van der Waals surface area contributed by atoms with Crippen molar-refractivity contribution in [1.82, 2.24) is 34.7 Å². The maximum Gasteiger partial charge on any atom is 0.147 e. The van der Waals surface area contributed by atoms with E-state index in [1.165, 1.54) is 0 Å². The maximum absolute atomic E-state index is 5.96. The van der Waals surface area contributed by atoms with E-state index in [0.29, 0.717) is 12.8 Å². The number of rotatable bonds is 9. The number of nitrogens with zero attached hydrogens (tertiary/aromatic N) is 8. The monoisotopic (exact) mass is 491 g/mol. The Morgan fingerprint density at radius 1 is 1.14 bits per heavy atom. The van der Waals surface area contributed by atoms with Crippen LogP contribution in [0.25, 0.3) is 22.3 Å². The fraction of sp³-hybridized carbons (Fsp3) is 0.458. The highest BCUT2D eigenvalue weighted by Crippen LogP contribution is 2.29. The van der Waals surface area contributed by atoms with Gasteiger partial charge in [0.15, 0.2) is 0 Å². The van der Waals surface area contributed by atoms with E-state index in [1.54, 1.807) is 18.7 Å². The van der Waals surface area contributed by atoms with E-state index in [2.05, 4.69) is 77.3 Å². The van der Waals surface area contributed by atoms with Gasteiger partial charge in [0, 0.05) is 58.8 Å². The Bertz CT molecular complexity index is 1250. The molecule has 0 unspecified atom stereocenters. The number of aromatic amines is 1. The summed E-state index contributed by atoms with van der Waals surface area (Å²) in [4.78, 5) is 23.0. The quantitative estimate of drug-likeness (QED) is 0.280. The zero-order valence-corrected chi connectivity index (χ0v) is 21.8. The molecule has 0 aromatic carbocycles. The third kappa shape index (κ3) is 5.20. The summed E-state index contributed by atoms with van der Waals surface area (Å²) in [6.45, 7) is 10.2. The SMILES string of the molecule is CN(c1cnc(-c2cn[nH]c2)cn1)[C@@H]1CCN(c2ncnc3c2ccn3COCC[Si](C)(C)C)C1. The van der Waals surface area contributed by atoms with Gasteiger partial charge in [-0.25, -0.2) is 15.0 Å². The van der Waals surface area contributed by atoms with E-state index >= 15 is 0 Å². The number of hydrogen-bond acceptors (Lipinski definition) is 8. The Morgan fingerprint density at radius 3 is 2.77 bits per heavy atom. The van der Waals surface area contributed by atoms with E-state index in [-0.39, 0.29) is 0 Å². The number of likely N-dealkylation sites (N-methyl/N-ethyl adjacent to an activating group) is 1. The molecule has 1 aliphatic heterocycles. The van der Waals surface area contributed by atoms with Crippen molar-refractivity contribution in [3.8, 4) is 11.3 Å². The Hall–Kier alpha value is -3.31. The van der Waals surface area contributed by atoms with Gasteiger partial charge in [0.05, 0.1) is 29.7 Å². The highest BCUT2D eigenvalue weighted by molar-refractivity contribution is 6.76. The zero-order valence-electron chi connectivity index (χ0n) is 20.8. The molecule has 0 saturated carbocycles. The molecule has 1 fully saturated rings. The first-order chi connectivity index (χ1) is 16.9. The smallest absolute Gasteiger partial charge is 0.147 e. The minimum Gasteiger partial charge on any atom is -0.361 e. The van der Waals surface area contributed by atoms with Crippen LogP contribution in [0.5, 0.6) is 0 Å². The minimum absolute atomic E-state index is 0.320. The summed E-state index contributed by atoms with van der Waals surface area (Å²) in [7, 11) is 0.984. The summed E-state index contributed by atoms with van der Waals surface area (Å²) in [6, 6.07) is 3.58. The average Bonchev–Trinajstić information content (AvgIpc) is 3.62. The van der Waals surface area contributed by atoms with Crippen LogP contribution in [0.1, 0.15) is 6.42 Å². The van der Waals surface area contributed by atoms with E-state index < -0.39 is 8.07 Å². The van der Waals surface area contributed by atoms with Gasteiger partial charge in [-0.05, 0) is 18.5 Å². The minimum atomic E-state index is -1.10. The van der Waals surface area contributed by atoms with Gasteiger partial charge in [-0.3, -0.25) is 10.1 Å². The molecule has 1 saturated heterocycles. The van der Waals surface area contributed by atoms with Crippen molar-refractivity contribution in [2.75, 3.05) is 36.5 Å². The van der Waals surface area contributed by atoms with E-state index in [9.17, 15) is 0 Å². The molecule has 1 atom stereocenters. The van der Waals surface area contributed by atoms with Crippen molar-refractivity contribution in [2.45, 2.75) is 44.9 Å².